The van der Waals surface area contributed by atoms with Crippen molar-refractivity contribution in [3.05, 3.63) is 66.2 Å². The molecule has 0 spiro atoms. The molecule has 2 aromatic carbocycles. The topological polar surface area (TPSA) is 32.3 Å². The van der Waals surface area contributed by atoms with Crippen LogP contribution in [0.4, 0.5) is 4.79 Å². The first-order chi connectivity index (χ1) is 10.3. The van der Waals surface area contributed by atoms with E-state index in [1.165, 1.54) is 4.90 Å². The van der Waals surface area contributed by atoms with Gasteiger partial charge in [-0.05, 0) is 17.7 Å². The average Bonchev–Trinajstić information content (AvgIpc) is 2.53. The summed E-state index contributed by atoms with van der Waals surface area (Å²) in [7, 11) is 1.81. The van der Waals surface area contributed by atoms with Crippen LogP contribution in [0.2, 0.25) is 0 Å². The van der Waals surface area contributed by atoms with Crippen LogP contribution in [0.1, 0.15) is 5.56 Å². The molecule has 21 heavy (non-hydrogen) atoms. The van der Waals surface area contributed by atoms with Crippen LogP contribution in [0.3, 0.4) is 0 Å². The lowest BCUT2D eigenvalue weighted by Crippen LogP contribution is -2.37. The molecule has 0 unspecified atom stereocenters. The van der Waals surface area contributed by atoms with Crippen LogP contribution in [-0.2, 0) is 6.54 Å². The molecule has 2 aromatic rings. The van der Waals surface area contributed by atoms with Crippen LogP contribution < -0.4 is 5.32 Å². The van der Waals surface area contributed by atoms with E-state index < -0.39 is 0 Å². The van der Waals surface area contributed by atoms with E-state index in [1.807, 2.05) is 55.6 Å². The van der Waals surface area contributed by atoms with E-state index in [4.69, 9.17) is 0 Å². The number of nitrogens with one attached hydrogen (secondary N) is 1. The lowest BCUT2D eigenvalue weighted by atomic mass is 10.2. The molecule has 0 aliphatic heterocycles. The second kappa shape index (κ2) is 8.37. The van der Waals surface area contributed by atoms with E-state index in [-0.39, 0.29) is 6.03 Å². The maximum atomic E-state index is 12.0. The second-order valence-electron chi connectivity index (χ2n) is 4.74. The summed E-state index contributed by atoms with van der Waals surface area (Å²) in [5, 5.41) is 2.94. The predicted octanol–water partition coefficient (Wildman–Crippen LogP) is 3.62. The standard InChI is InChI=1S/C17H20N2OS/c1-19(14-15-8-4-2-5-9-15)17(20)18-12-13-21-16-10-6-3-7-11-16/h2-11H,12-14H2,1H3,(H,18,20). The van der Waals surface area contributed by atoms with Crippen LogP contribution in [-0.4, -0.2) is 30.3 Å². The number of nitrogens with zero attached hydrogens (tertiary/aromatic N) is 1. The Morgan fingerprint density at radius 3 is 2.33 bits per heavy atom. The molecule has 0 saturated carbocycles. The Labute approximate surface area is 130 Å². The summed E-state index contributed by atoms with van der Waals surface area (Å²) in [5.74, 6) is 0.870. The van der Waals surface area contributed by atoms with Gasteiger partial charge < -0.3 is 10.2 Å². The van der Waals surface area contributed by atoms with Crippen molar-refractivity contribution in [2.24, 2.45) is 0 Å². The molecular formula is C17H20N2OS. The van der Waals surface area contributed by atoms with Crippen LogP contribution >= 0.6 is 11.8 Å². The van der Waals surface area contributed by atoms with Gasteiger partial charge in [-0.3, -0.25) is 0 Å². The smallest absolute Gasteiger partial charge is 0.317 e. The van der Waals surface area contributed by atoms with E-state index in [1.54, 1.807) is 16.7 Å². The minimum absolute atomic E-state index is 0.0347. The van der Waals surface area contributed by atoms with Gasteiger partial charge in [0.25, 0.3) is 0 Å². The van der Waals surface area contributed by atoms with E-state index in [2.05, 4.69) is 17.4 Å². The third-order valence-corrected chi connectivity index (χ3v) is 4.01. The minimum atomic E-state index is -0.0347. The largest absolute Gasteiger partial charge is 0.337 e. The maximum Gasteiger partial charge on any atom is 0.317 e. The summed E-state index contributed by atoms with van der Waals surface area (Å²) in [5.41, 5.74) is 1.13. The van der Waals surface area contributed by atoms with Crippen molar-refractivity contribution >= 4 is 17.8 Å². The van der Waals surface area contributed by atoms with Gasteiger partial charge in [0.1, 0.15) is 0 Å². The molecule has 110 valence electrons. The SMILES string of the molecule is CN(Cc1ccccc1)C(=O)NCCSc1ccccc1. The third kappa shape index (κ3) is 5.52. The zero-order valence-electron chi connectivity index (χ0n) is 12.2. The van der Waals surface area contributed by atoms with Gasteiger partial charge in [0.2, 0.25) is 0 Å². The molecule has 0 atom stereocenters. The number of carbonyl (C=O) groups excluding carboxylic acids is 1. The molecule has 2 rings (SSSR count). The van der Waals surface area contributed by atoms with Crippen LogP contribution in [0.5, 0.6) is 0 Å². The van der Waals surface area contributed by atoms with Crippen molar-refractivity contribution < 1.29 is 4.79 Å². The highest BCUT2D eigenvalue weighted by molar-refractivity contribution is 7.99. The molecule has 0 heterocycles. The monoisotopic (exact) mass is 300 g/mol. The fourth-order valence-corrected chi connectivity index (χ4v) is 2.70. The van der Waals surface area contributed by atoms with Crippen molar-refractivity contribution in [2.45, 2.75) is 11.4 Å². The van der Waals surface area contributed by atoms with Gasteiger partial charge in [-0.15, -0.1) is 11.8 Å². The summed E-state index contributed by atoms with van der Waals surface area (Å²) in [6, 6.07) is 20.2. The number of carbonyl (C=O) groups is 1. The van der Waals surface area contributed by atoms with E-state index in [0.717, 1.165) is 11.3 Å². The maximum absolute atomic E-state index is 12.0. The Morgan fingerprint density at radius 2 is 1.67 bits per heavy atom. The van der Waals surface area contributed by atoms with Crippen molar-refractivity contribution in [1.82, 2.24) is 10.2 Å². The van der Waals surface area contributed by atoms with Crippen LogP contribution in [0.15, 0.2) is 65.6 Å². The summed E-state index contributed by atoms with van der Waals surface area (Å²) in [6.07, 6.45) is 0. The highest BCUT2D eigenvalue weighted by Gasteiger charge is 2.07. The Morgan fingerprint density at radius 1 is 1.05 bits per heavy atom. The molecular weight excluding hydrogens is 280 g/mol. The van der Waals surface area contributed by atoms with Gasteiger partial charge in [-0.25, -0.2) is 4.79 Å². The highest BCUT2D eigenvalue weighted by atomic mass is 32.2. The first kappa shape index (κ1) is 15.4. The second-order valence-corrected chi connectivity index (χ2v) is 5.90. The number of urea groups is 1. The van der Waals surface area contributed by atoms with Gasteiger partial charge in [0.05, 0.1) is 0 Å². The Hall–Kier alpha value is -1.94. The van der Waals surface area contributed by atoms with Crippen molar-refractivity contribution in [3.63, 3.8) is 0 Å². The predicted molar refractivity (Wildman–Crippen MR) is 88.5 cm³/mol. The van der Waals surface area contributed by atoms with Gasteiger partial charge >= 0.3 is 6.03 Å². The normalized spacial score (nSPS) is 10.1. The molecule has 1 N–H and O–H groups in total. The molecule has 0 bridgehead atoms. The quantitative estimate of drug-likeness (QED) is 0.653. The van der Waals surface area contributed by atoms with Gasteiger partial charge in [0, 0.05) is 30.8 Å². The Kier molecular flexibility index (Phi) is 6.16. The number of amides is 2. The molecule has 0 aliphatic rings. The Bertz CT molecular complexity index is 545. The minimum Gasteiger partial charge on any atom is -0.337 e. The van der Waals surface area contributed by atoms with Crippen LogP contribution in [0.25, 0.3) is 0 Å². The highest BCUT2D eigenvalue weighted by Crippen LogP contribution is 2.15. The number of benzene rings is 2. The van der Waals surface area contributed by atoms with Crippen LogP contribution in [0, 0.1) is 0 Å². The summed E-state index contributed by atoms with van der Waals surface area (Å²) in [4.78, 5) is 14.9. The summed E-state index contributed by atoms with van der Waals surface area (Å²) < 4.78 is 0. The fourth-order valence-electron chi connectivity index (χ4n) is 1.91. The zero-order valence-corrected chi connectivity index (χ0v) is 13.0. The first-order valence-corrected chi connectivity index (χ1v) is 7.95. The zero-order chi connectivity index (χ0) is 14.9. The van der Waals surface area contributed by atoms with Crippen molar-refractivity contribution in [1.29, 1.82) is 0 Å². The van der Waals surface area contributed by atoms with Gasteiger partial charge in [0.15, 0.2) is 0 Å². The van der Waals surface area contributed by atoms with Crippen molar-refractivity contribution in [2.75, 3.05) is 19.3 Å². The molecule has 3 nitrogen and oxygen atoms in total. The number of hydrogen-bond donors (Lipinski definition) is 1. The van der Waals surface area contributed by atoms with E-state index in [9.17, 15) is 4.79 Å². The number of thioether (sulfide) groups is 1. The van der Waals surface area contributed by atoms with E-state index in [0.29, 0.717) is 13.1 Å². The average molecular weight is 300 g/mol. The number of hydrogen-bond acceptors (Lipinski definition) is 2. The van der Waals surface area contributed by atoms with Gasteiger partial charge in [-0.1, -0.05) is 48.5 Å². The Balaban J connectivity index is 1.67. The summed E-state index contributed by atoms with van der Waals surface area (Å²) in [6.45, 7) is 1.29. The van der Waals surface area contributed by atoms with Crippen molar-refractivity contribution in [3.8, 4) is 0 Å². The molecule has 2 amide bonds. The molecule has 0 aromatic heterocycles. The molecule has 0 aliphatic carbocycles. The number of rotatable bonds is 6. The molecule has 0 radical (unpaired) electrons. The lowest BCUT2D eigenvalue weighted by molar-refractivity contribution is 0.207. The molecule has 0 saturated heterocycles. The first-order valence-electron chi connectivity index (χ1n) is 6.96. The molecule has 0 fully saturated rings. The van der Waals surface area contributed by atoms with Gasteiger partial charge in [-0.2, -0.15) is 0 Å². The third-order valence-electron chi connectivity index (χ3n) is 3.00. The summed E-state index contributed by atoms with van der Waals surface area (Å²) >= 11 is 1.74. The lowest BCUT2D eigenvalue weighted by Gasteiger charge is -2.18. The fraction of sp³-hybridized carbons (Fsp3) is 0.235. The molecule has 4 heteroatoms. The van der Waals surface area contributed by atoms with E-state index >= 15 is 0 Å².